The number of amides is 2. The van der Waals surface area contributed by atoms with Crippen molar-refractivity contribution < 1.29 is 14.0 Å². The summed E-state index contributed by atoms with van der Waals surface area (Å²) in [5.74, 6) is -0.529. The summed E-state index contributed by atoms with van der Waals surface area (Å²) in [6, 6.07) is 12.8. The van der Waals surface area contributed by atoms with Gasteiger partial charge in [-0.15, -0.1) is 10.2 Å². The van der Waals surface area contributed by atoms with Crippen LogP contribution >= 0.6 is 0 Å². The van der Waals surface area contributed by atoms with E-state index in [4.69, 9.17) is 0 Å². The maximum absolute atomic E-state index is 13.6. The summed E-state index contributed by atoms with van der Waals surface area (Å²) in [5, 5.41) is 15.5. The third-order valence-corrected chi connectivity index (χ3v) is 6.37. The van der Waals surface area contributed by atoms with Gasteiger partial charge in [0.05, 0.1) is 0 Å². The molecule has 1 saturated carbocycles. The van der Waals surface area contributed by atoms with Crippen molar-refractivity contribution in [2.75, 3.05) is 4.90 Å². The number of tetrazole rings is 1. The number of hydrogen-bond donors (Lipinski definition) is 1. The SMILES string of the molecule is CCC(C(=O)NC1CCCCC1)N(C(=O)Cn1nnc(-c2ccc(F)cc2)n1)c1ccc(C)cc1. The molecule has 0 saturated heterocycles. The number of halogens is 1. The lowest BCUT2D eigenvalue weighted by Gasteiger charge is -2.32. The van der Waals surface area contributed by atoms with E-state index in [2.05, 4.69) is 20.7 Å². The fourth-order valence-corrected chi connectivity index (χ4v) is 4.45. The molecule has 2 aromatic carbocycles. The minimum Gasteiger partial charge on any atom is -0.352 e. The van der Waals surface area contributed by atoms with Crippen LogP contribution in [0.1, 0.15) is 51.0 Å². The summed E-state index contributed by atoms with van der Waals surface area (Å²) < 4.78 is 13.2. The van der Waals surface area contributed by atoms with E-state index >= 15 is 0 Å². The second-order valence-corrected chi connectivity index (χ2v) is 9.02. The average molecular weight is 479 g/mol. The maximum Gasteiger partial charge on any atom is 0.251 e. The number of aromatic nitrogens is 4. The van der Waals surface area contributed by atoms with Gasteiger partial charge in [-0.3, -0.25) is 14.5 Å². The topological polar surface area (TPSA) is 93.0 Å². The molecule has 1 fully saturated rings. The highest BCUT2D eigenvalue weighted by molar-refractivity contribution is 6.00. The molecule has 2 amide bonds. The van der Waals surface area contributed by atoms with Crippen molar-refractivity contribution >= 4 is 17.5 Å². The van der Waals surface area contributed by atoms with Gasteiger partial charge in [0.1, 0.15) is 18.4 Å². The Labute approximate surface area is 204 Å². The smallest absolute Gasteiger partial charge is 0.251 e. The summed E-state index contributed by atoms with van der Waals surface area (Å²) in [4.78, 5) is 29.6. The molecule has 1 aliphatic rings. The summed E-state index contributed by atoms with van der Waals surface area (Å²) in [7, 11) is 0. The van der Waals surface area contributed by atoms with Crippen LogP contribution in [0, 0.1) is 12.7 Å². The molecule has 0 spiro atoms. The Hall–Kier alpha value is -3.62. The Kier molecular flexibility index (Phi) is 7.84. The lowest BCUT2D eigenvalue weighted by atomic mass is 9.95. The molecule has 0 aliphatic heterocycles. The number of rotatable bonds is 8. The first kappa shape index (κ1) is 24.5. The zero-order chi connectivity index (χ0) is 24.8. The Morgan fingerprint density at radius 1 is 1.09 bits per heavy atom. The second-order valence-electron chi connectivity index (χ2n) is 9.02. The Morgan fingerprint density at radius 2 is 1.77 bits per heavy atom. The summed E-state index contributed by atoms with van der Waals surface area (Å²) in [5.41, 5.74) is 2.30. The highest BCUT2D eigenvalue weighted by Crippen LogP contribution is 2.23. The normalized spacial score (nSPS) is 14.9. The standard InChI is InChI=1S/C26H31FN6O2/c1-3-23(26(35)28-21-7-5-4-6-8-21)33(22-15-9-18(2)10-16-22)24(34)17-32-30-25(29-31-32)19-11-13-20(27)14-12-19/h9-16,21,23H,3-8,17H2,1-2H3,(H,28,35). The quantitative estimate of drug-likeness (QED) is 0.527. The molecule has 1 N–H and O–H groups in total. The largest absolute Gasteiger partial charge is 0.352 e. The first-order valence-electron chi connectivity index (χ1n) is 12.2. The molecule has 1 heterocycles. The van der Waals surface area contributed by atoms with Crippen LogP contribution in [-0.4, -0.2) is 44.1 Å². The summed E-state index contributed by atoms with van der Waals surface area (Å²) in [6.45, 7) is 3.69. The molecule has 1 aromatic heterocycles. The van der Waals surface area contributed by atoms with Crippen LogP contribution in [0.25, 0.3) is 11.4 Å². The van der Waals surface area contributed by atoms with Gasteiger partial charge in [0.25, 0.3) is 5.91 Å². The van der Waals surface area contributed by atoms with E-state index in [9.17, 15) is 14.0 Å². The van der Waals surface area contributed by atoms with E-state index in [-0.39, 0.29) is 30.2 Å². The molecule has 1 unspecified atom stereocenters. The molecular formula is C26H31FN6O2. The second kappa shape index (κ2) is 11.2. The zero-order valence-corrected chi connectivity index (χ0v) is 20.2. The average Bonchev–Trinajstić information content (AvgIpc) is 3.32. The van der Waals surface area contributed by atoms with Gasteiger partial charge in [-0.05, 0) is 67.8 Å². The number of anilines is 1. The maximum atomic E-state index is 13.6. The van der Waals surface area contributed by atoms with E-state index < -0.39 is 6.04 Å². The van der Waals surface area contributed by atoms with E-state index in [1.54, 1.807) is 17.0 Å². The highest BCUT2D eigenvalue weighted by atomic mass is 19.1. The van der Waals surface area contributed by atoms with Crippen LogP contribution < -0.4 is 10.2 Å². The monoisotopic (exact) mass is 478 g/mol. The van der Waals surface area contributed by atoms with Gasteiger partial charge in [-0.1, -0.05) is 43.9 Å². The molecule has 4 rings (SSSR count). The van der Waals surface area contributed by atoms with Crippen LogP contribution in [-0.2, 0) is 16.1 Å². The Balaban J connectivity index is 1.56. The minimum atomic E-state index is -0.660. The van der Waals surface area contributed by atoms with E-state index in [1.807, 2.05) is 38.1 Å². The number of carbonyl (C=O) groups excluding carboxylic acids is 2. The van der Waals surface area contributed by atoms with Crippen LogP contribution in [0.5, 0.6) is 0 Å². The Bertz CT molecular complexity index is 1140. The molecule has 1 atom stereocenters. The van der Waals surface area contributed by atoms with E-state index in [1.165, 1.54) is 23.4 Å². The van der Waals surface area contributed by atoms with Gasteiger partial charge < -0.3 is 5.32 Å². The lowest BCUT2D eigenvalue weighted by molar-refractivity contribution is -0.127. The zero-order valence-electron chi connectivity index (χ0n) is 20.2. The van der Waals surface area contributed by atoms with Crippen molar-refractivity contribution in [1.29, 1.82) is 0 Å². The van der Waals surface area contributed by atoms with Gasteiger partial charge in [0.2, 0.25) is 11.7 Å². The fourth-order valence-electron chi connectivity index (χ4n) is 4.45. The van der Waals surface area contributed by atoms with E-state index in [0.29, 0.717) is 23.5 Å². The first-order valence-corrected chi connectivity index (χ1v) is 12.2. The molecule has 3 aromatic rings. The first-order chi connectivity index (χ1) is 16.9. The van der Waals surface area contributed by atoms with Crippen molar-refractivity contribution in [3.05, 3.63) is 59.9 Å². The van der Waals surface area contributed by atoms with Crippen molar-refractivity contribution in [2.24, 2.45) is 0 Å². The molecule has 9 heteroatoms. The third kappa shape index (κ3) is 6.09. The molecular weight excluding hydrogens is 447 g/mol. The number of nitrogens with zero attached hydrogens (tertiary/aromatic N) is 5. The summed E-state index contributed by atoms with van der Waals surface area (Å²) >= 11 is 0. The summed E-state index contributed by atoms with van der Waals surface area (Å²) in [6.07, 6.45) is 5.81. The third-order valence-electron chi connectivity index (χ3n) is 6.37. The molecule has 35 heavy (non-hydrogen) atoms. The molecule has 184 valence electrons. The highest BCUT2D eigenvalue weighted by Gasteiger charge is 2.32. The number of benzene rings is 2. The lowest BCUT2D eigenvalue weighted by Crippen LogP contribution is -2.53. The molecule has 0 bridgehead atoms. The number of carbonyl (C=O) groups is 2. The van der Waals surface area contributed by atoms with Gasteiger partial charge in [-0.2, -0.15) is 4.80 Å². The van der Waals surface area contributed by atoms with Crippen LogP contribution in [0.3, 0.4) is 0 Å². The molecule has 8 nitrogen and oxygen atoms in total. The van der Waals surface area contributed by atoms with Gasteiger partial charge in [-0.25, -0.2) is 4.39 Å². The van der Waals surface area contributed by atoms with Crippen molar-refractivity contribution in [1.82, 2.24) is 25.5 Å². The van der Waals surface area contributed by atoms with Crippen molar-refractivity contribution in [3.63, 3.8) is 0 Å². The minimum absolute atomic E-state index is 0.146. The fraction of sp³-hybridized carbons (Fsp3) is 0.423. The van der Waals surface area contributed by atoms with Crippen LogP contribution in [0.4, 0.5) is 10.1 Å². The van der Waals surface area contributed by atoms with Crippen LogP contribution in [0.15, 0.2) is 48.5 Å². The van der Waals surface area contributed by atoms with Crippen LogP contribution in [0.2, 0.25) is 0 Å². The van der Waals surface area contributed by atoms with Crippen molar-refractivity contribution in [2.45, 2.75) is 71.0 Å². The van der Waals surface area contributed by atoms with Gasteiger partial charge in [0, 0.05) is 17.3 Å². The number of hydrogen-bond acceptors (Lipinski definition) is 5. The van der Waals surface area contributed by atoms with Gasteiger partial charge in [0.15, 0.2) is 0 Å². The van der Waals surface area contributed by atoms with Gasteiger partial charge >= 0.3 is 0 Å². The molecule has 0 radical (unpaired) electrons. The van der Waals surface area contributed by atoms with Crippen molar-refractivity contribution in [3.8, 4) is 11.4 Å². The number of aryl methyl sites for hydroxylation is 1. The van der Waals surface area contributed by atoms with E-state index in [0.717, 1.165) is 31.2 Å². The number of nitrogens with one attached hydrogen (secondary N) is 1. The predicted molar refractivity (Wildman–Crippen MR) is 131 cm³/mol. The molecule has 1 aliphatic carbocycles. The predicted octanol–water partition coefficient (Wildman–Crippen LogP) is 4.05. The Morgan fingerprint density at radius 3 is 2.43 bits per heavy atom.